The van der Waals surface area contributed by atoms with Gasteiger partial charge in [0.2, 0.25) is 5.28 Å². The summed E-state index contributed by atoms with van der Waals surface area (Å²) in [5.41, 5.74) is 1.85. The van der Waals surface area contributed by atoms with E-state index in [2.05, 4.69) is 26.1 Å². The van der Waals surface area contributed by atoms with Crippen LogP contribution in [-0.4, -0.2) is 14.8 Å². The average molecular weight is 349 g/mol. The summed E-state index contributed by atoms with van der Waals surface area (Å²) in [5, 5.41) is 9.04. The first-order chi connectivity index (χ1) is 8.41. The SMILES string of the molecule is Cc1cc(Br)c(-n2c(Cl)nnc2C(C)C)cc1Cl. The lowest BCUT2D eigenvalue weighted by molar-refractivity contribution is 0.744. The number of hydrogen-bond donors (Lipinski definition) is 0. The van der Waals surface area contributed by atoms with Crippen molar-refractivity contribution in [2.75, 3.05) is 0 Å². The average Bonchev–Trinajstić information content (AvgIpc) is 2.66. The van der Waals surface area contributed by atoms with E-state index in [1.807, 2.05) is 37.5 Å². The van der Waals surface area contributed by atoms with Gasteiger partial charge in [-0.05, 0) is 52.2 Å². The Labute approximate surface area is 124 Å². The van der Waals surface area contributed by atoms with Crippen LogP contribution in [0.2, 0.25) is 10.3 Å². The summed E-state index contributed by atoms with van der Waals surface area (Å²) in [4.78, 5) is 0. The van der Waals surface area contributed by atoms with Crippen LogP contribution in [0.5, 0.6) is 0 Å². The molecule has 0 saturated carbocycles. The van der Waals surface area contributed by atoms with Crippen molar-refractivity contribution in [3.05, 3.63) is 38.3 Å². The van der Waals surface area contributed by atoms with E-state index in [1.165, 1.54) is 0 Å². The van der Waals surface area contributed by atoms with Crippen LogP contribution in [0.1, 0.15) is 31.2 Å². The Kier molecular flexibility index (Phi) is 3.99. The topological polar surface area (TPSA) is 30.7 Å². The van der Waals surface area contributed by atoms with Crippen LogP contribution in [0.25, 0.3) is 5.69 Å². The number of hydrogen-bond acceptors (Lipinski definition) is 2. The quantitative estimate of drug-likeness (QED) is 0.782. The molecule has 2 aromatic rings. The van der Waals surface area contributed by atoms with Crippen molar-refractivity contribution in [2.24, 2.45) is 0 Å². The molecular weight excluding hydrogens is 337 g/mol. The fourth-order valence-corrected chi connectivity index (χ4v) is 2.69. The number of aryl methyl sites for hydroxylation is 1. The molecule has 0 atom stereocenters. The van der Waals surface area contributed by atoms with Gasteiger partial charge in [0.25, 0.3) is 0 Å². The van der Waals surface area contributed by atoms with Gasteiger partial charge in [0.15, 0.2) is 0 Å². The van der Waals surface area contributed by atoms with Crippen LogP contribution in [0.3, 0.4) is 0 Å². The summed E-state index contributed by atoms with van der Waals surface area (Å²) < 4.78 is 2.72. The first kappa shape index (κ1) is 13.8. The van der Waals surface area contributed by atoms with Crippen molar-refractivity contribution in [2.45, 2.75) is 26.7 Å². The van der Waals surface area contributed by atoms with Crippen molar-refractivity contribution >= 4 is 39.1 Å². The van der Waals surface area contributed by atoms with Gasteiger partial charge in [-0.3, -0.25) is 4.57 Å². The molecule has 0 aliphatic rings. The molecule has 0 spiro atoms. The van der Waals surface area contributed by atoms with E-state index in [4.69, 9.17) is 23.2 Å². The molecule has 1 aromatic carbocycles. The van der Waals surface area contributed by atoms with Crippen molar-refractivity contribution in [3.63, 3.8) is 0 Å². The summed E-state index contributed by atoms with van der Waals surface area (Å²) in [6.07, 6.45) is 0. The summed E-state index contributed by atoms with van der Waals surface area (Å²) in [6, 6.07) is 3.82. The summed E-state index contributed by atoms with van der Waals surface area (Å²) in [6.45, 7) is 6.04. The monoisotopic (exact) mass is 347 g/mol. The standard InChI is InChI=1S/C12H12BrCl2N3/c1-6(2)11-16-17-12(15)18(11)10-5-9(14)7(3)4-8(10)13/h4-6H,1-3H3. The van der Waals surface area contributed by atoms with Gasteiger partial charge in [-0.25, -0.2) is 0 Å². The van der Waals surface area contributed by atoms with E-state index >= 15 is 0 Å². The Morgan fingerprint density at radius 1 is 1.22 bits per heavy atom. The zero-order chi connectivity index (χ0) is 13.4. The van der Waals surface area contributed by atoms with Gasteiger partial charge in [-0.2, -0.15) is 0 Å². The van der Waals surface area contributed by atoms with Crippen LogP contribution in [0.15, 0.2) is 16.6 Å². The lowest BCUT2D eigenvalue weighted by atomic mass is 10.2. The largest absolute Gasteiger partial charge is 0.268 e. The highest BCUT2D eigenvalue weighted by molar-refractivity contribution is 9.10. The molecule has 6 heteroatoms. The molecule has 0 radical (unpaired) electrons. The van der Waals surface area contributed by atoms with Crippen molar-refractivity contribution in [3.8, 4) is 5.69 Å². The van der Waals surface area contributed by atoms with Crippen molar-refractivity contribution < 1.29 is 0 Å². The molecule has 18 heavy (non-hydrogen) atoms. The maximum absolute atomic E-state index is 6.17. The summed E-state index contributed by atoms with van der Waals surface area (Å²) in [5.74, 6) is 1.03. The smallest absolute Gasteiger partial charge is 0.229 e. The second-order valence-corrected chi connectivity index (χ2v) is 5.97. The predicted octanol–water partition coefficient (Wildman–Crippen LogP) is 4.77. The fourth-order valence-electron chi connectivity index (χ4n) is 1.68. The van der Waals surface area contributed by atoms with Crippen LogP contribution in [0, 0.1) is 6.92 Å². The molecule has 2 rings (SSSR count). The van der Waals surface area contributed by atoms with Crippen molar-refractivity contribution in [1.82, 2.24) is 14.8 Å². The van der Waals surface area contributed by atoms with Crippen LogP contribution in [-0.2, 0) is 0 Å². The van der Waals surface area contributed by atoms with Crippen molar-refractivity contribution in [1.29, 1.82) is 0 Å². The van der Waals surface area contributed by atoms with E-state index in [0.717, 1.165) is 21.5 Å². The molecule has 0 N–H and O–H groups in total. The van der Waals surface area contributed by atoms with Gasteiger partial charge in [0.05, 0.1) is 5.69 Å². The van der Waals surface area contributed by atoms with Crippen LogP contribution in [0.4, 0.5) is 0 Å². The molecular formula is C12H12BrCl2N3. The van der Waals surface area contributed by atoms with Gasteiger partial charge in [0.1, 0.15) is 5.82 Å². The summed E-state index contributed by atoms with van der Waals surface area (Å²) >= 11 is 15.8. The number of benzene rings is 1. The van der Waals surface area contributed by atoms with Crippen LogP contribution >= 0.6 is 39.1 Å². The molecule has 96 valence electrons. The highest BCUT2D eigenvalue weighted by atomic mass is 79.9. The number of nitrogens with zero attached hydrogens (tertiary/aromatic N) is 3. The van der Waals surface area contributed by atoms with E-state index in [9.17, 15) is 0 Å². The number of rotatable bonds is 2. The minimum atomic E-state index is 0.219. The maximum Gasteiger partial charge on any atom is 0.229 e. The van der Waals surface area contributed by atoms with Gasteiger partial charge in [-0.15, -0.1) is 10.2 Å². The zero-order valence-corrected chi connectivity index (χ0v) is 13.3. The molecule has 1 aromatic heterocycles. The minimum absolute atomic E-state index is 0.219. The van der Waals surface area contributed by atoms with Gasteiger partial charge < -0.3 is 0 Å². The van der Waals surface area contributed by atoms with Gasteiger partial charge >= 0.3 is 0 Å². The van der Waals surface area contributed by atoms with Crippen LogP contribution < -0.4 is 0 Å². The molecule has 0 bridgehead atoms. The third kappa shape index (κ3) is 2.42. The molecule has 0 aliphatic carbocycles. The molecule has 1 heterocycles. The fraction of sp³-hybridized carbons (Fsp3) is 0.333. The van der Waals surface area contributed by atoms with E-state index < -0.39 is 0 Å². The third-order valence-electron chi connectivity index (χ3n) is 2.63. The zero-order valence-electron chi connectivity index (χ0n) is 10.2. The first-order valence-corrected chi connectivity index (χ1v) is 7.03. The van der Waals surface area contributed by atoms with E-state index in [0.29, 0.717) is 10.3 Å². The molecule has 0 aliphatic heterocycles. The minimum Gasteiger partial charge on any atom is -0.268 e. The lowest BCUT2D eigenvalue weighted by Crippen LogP contribution is -2.04. The van der Waals surface area contributed by atoms with E-state index in [-0.39, 0.29) is 5.92 Å². The third-order valence-corrected chi connectivity index (χ3v) is 3.92. The number of halogens is 3. The molecule has 0 fully saturated rings. The number of aromatic nitrogens is 3. The predicted molar refractivity (Wildman–Crippen MR) is 77.9 cm³/mol. The first-order valence-electron chi connectivity index (χ1n) is 5.48. The molecule has 3 nitrogen and oxygen atoms in total. The Bertz CT molecular complexity index is 593. The second kappa shape index (κ2) is 5.19. The highest BCUT2D eigenvalue weighted by Crippen LogP contribution is 2.31. The Morgan fingerprint density at radius 3 is 2.50 bits per heavy atom. The Hall–Kier alpha value is -0.580. The maximum atomic E-state index is 6.17. The molecule has 0 unspecified atom stereocenters. The normalized spacial score (nSPS) is 11.3. The molecule has 0 amide bonds. The second-order valence-electron chi connectivity index (χ2n) is 4.37. The van der Waals surface area contributed by atoms with E-state index in [1.54, 1.807) is 0 Å². The molecule has 0 saturated heterocycles. The van der Waals surface area contributed by atoms with Gasteiger partial charge in [0, 0.05) is 15.4 Å². The van der Waals surface area contributed by atoms with Gasteiger partial charge in [-0.1, -0.05) is 25.4 Å². The highest BCUT2D eigenvalue weighted by Gasteiger charge is 2.17. The summed E-state index contributed by atoms with van der Waals surface area (Å²) in [7, 11) is 0. The Morgan fingerprint density at radius 2 is 1.89 bits per heavy atom. The lowest BCUT2D eigenvalue weighted by Gasteiger charge is -2.13. The Balaban J connectivity index is 2.69.